The predicted molar refractivity (Wildman–Crippen MR) is 231 cm³/mol. The Labute approximate surface area is 318 Å². The SMILES string of the molecule is c1ccc(-c2ccc(N(c3ccc4c(c3)c3ccccc3n4-c3ccccc3)c3ccccc3-c3cccc4oc5c6ccccc6ccc5c34)cc2)cc1. The number of nitrogens with zero attached hydrogens (tertiary/aromatic N) is 2. The largest absolute Gasteiger partial charge is 0.455 e. The molecule has 0 bridgehead atoms. The standard InChI is InChI=1S/C52H34N2O/c1-3-14-35(15-4-1)36-26-29-39(30-27-36)53(40-31-33-49-46(34-40)43-21-10-12-24-48(43)54(49)38-17-5-2-6-18-38)47-23-11-9-20-42(47)44-22-13-25-50-51(44)45-32-28-37-16-7-8-19-41(37)52(45)55-50/h1-34H. The summed E-state index contributed by atoms with van der Waals surface area (Å²) in [6.07, 6.45) is 0. The minimum atomic E-state index is 0.882. The van der Waals surface area contributed by atoms with E-state index in [0.717, 1.165) is 61.2 Å². The van der Waals surface area contributed by atoms with E-state index in [9.17, 15) is 0 Å². The van der Waals surface area contributed by atoms with E-state index in [4.69, 9.17) is 4.42 Å². The molecular weight excluding hydrogens is 669 g/mol. The molecule has 258 valence electrons. The maximum Gasteiger partial charge on any atom is 0.143 e. The number of furan rings is 1. The molecular formula is C52H34N2O. The molecule has 55 heavy (non-hydrogen) atoms. The Balaban J connectivity index is 1.16. The molecule has 0 aliphatic heterocycles. The van der Waals surface area contributed by atoms with Gasteiger partial charge in [0.15, 0.2) is 0 Å². The molecule has 3 nitrogen and oxygen atoms in total. The molecule has 2 aromatic heterocycles. The van der Waals surface area contributed by atoms with Crippen molar-refractivity contribution in [1.29, 1.82) is 0 Å². The van der Waals surface area contributed by atoms with E-state index in [2.05, 4.69) is 216 Å². The molecule has 0 radical (unpaired) electrons. The average molecular weight is 703 g/mol. The van der Waals surface area contributed by atoms with Gasteiger partial charge >= 0.3 is 0 Å². The molecule has 0 amide bonds. The Bertz CT molecular complexity index is 3190. The van der Waals surface area contributed by atoms with Crippen LogP contribution in [0.15, 0.2) is 211 Å². The maximum absolute atomic E-state index is 6.66. The summed E-state index contributed by atoms with van der Waals surface area (Å²) in [7, 11) is 0. The van der Waals surface area contributed by atoms with E-state index in [1.54, 1.807) is 0 Å². The van der Waals surface area contributed by atoms with Gasteiger partial charge < -0.3 is 13.9 Å². The van der Waals surface area contributed by atoms with E-state index < -0.39 is 0 Å². The summed E-state index contributed by atoms with van der Waals surface area (Å²) in [4.78, 5) is 2.41. The van der Waals surface area contributed by atoms with Crippen molar-refractivity contribution < 1.29 is 4.42 Å². The first kappa shape index (κ1) is 31.2. The van der Waals surface area contributed by atoms with Crippen LogP contribution in [-0.2, 0) is 0 Å². The molecule has 0 aliphatic carbocycles. The lowest BCUT2D eigenvalue weighted by atomic mass is 9.96. The number of rotatable bonds is 6. The minimum Gasteiger partial charge on any atom is -0.455 e. The van der Waals surface area contributed by atoms with Crippen molar-refractivity contribution in [1.82, 2.24) is 4.57 Å². The molecule has 0 saturated heterocycles. The zero-order valence-electron chi connectivity index (χ0n) is 29.9. The van der Waals surface area contributed by atoms with E-state index in [1.807, 2.05) is 0 Å². The smallest absolute Gasteiger partial charge is 0.143 e. The number of aromatic nitrogens is 1. The zero-order valence-corrected chi connectivity index (χ0v) is 29.9. The molecule has 0 aliphatic rings. The molecule has 0 fully saturated rings. The van der Waals surface area contributed by atoms with Crippen molar-refractivity contribution in [3.63, 3.8) is 0 Å². The Morgan fingerprint density at radius 3 is 1.91 bits per heavy atom. The third-order valence-corrected chi connectivity index (χ3v) is 11.0. The van der Waals surface area contributed by atoms with Crippen LogP contribution in [0, 0.1) is 0 Å². The molecule has 11 aromatic rings. The number of fused-ring (bicyclic) bond motifs is 8. The molecule has 0 unspecified atom stereocenters. The van der Waals surface area contributed by atoms with Crippen LogP contribution in [0.2, 0.25) is 0 Å². The van der Waals surface area contributed by atoms with E-state index >= 15 is 0 Å². The highest BCUT2D eigenvalue weighted by atomic mass is 16.3. The zero-order chi connectivity index (χ0) is 36.3. The van der Waals surface area contributed by atoms with Crippen LogP contribution in [-0.4, -0.2) is 4.57 Å². The van der Waals surface area contributed by atoms with Crippen LogP contribution in [0.4, 0.5) is 17.1 Å². The summed E-state index contributed by atoms with van der Waals surface area (Å²) >= 11 is 0. The molecule has 0 atom stereocenters. The average Bonchev–Trinajstić information content (AvgIpc) is 3.81. The fourth-order valence-corrected chi connectivity index (χ4v) is 8.49. The highest BCUT2D eigenvalue weighted by Gasteiger charge is 2.22. The highest BCUT2D eigenvalue weighted by Crippen LogP contribution is 2.47. The lowest BCUT2D eigenvalue weighted by molar-refractivity contribution is 0.673. The van der Waals surface area contributed by atoms with Crippen molar-refractivity contribution in [2.45, 2.75) is 0 Å². The fourth-order valence-electron chi connectivity index (χ4n) is 8.49. The number of anilines is 3. The monoisotopic (exact) mass is 702 g/mol. The highest BCUT2D eigenvalue weighted by molar-refractivity contribution is 6.20. The summed E-state index contributed by atoms with van der Waals surface area (Å²) in [5, 5.41) is 6.96. The topological polar surface area (TPSA) is 21.3 Å². The summed E-state index contributed by atoms with van der Waals surface area (Å²) in [6.45, 7) is 0. The van der Waals surface area contributed by atoms with Gasteiger partial charge in [0.1, 0.15) is 11.2 Å². The molecule has 2 heterocycles. The maximum atomic E-state index is 6.66. The molecule has 3 heteroatoms. The van der Waals surface area contributed by atoms with Crippen LogP contribution in [0.5, 0.6) is 0 Å². The van der Waals surface area contributed by atoms with Crippen LogP contribution < -0.4 is 4.90 Å². The van der Waals surface area contributed by atoms with Crippen molar-refractivity contribution in [2.24, 2.45) is 0 Å². The van der Waals surface area contributed by atoms with Crippen LogP contribution in [0.1, 0.15) is 0 Å². The van der Waals surface area contributed by atoms with Gasteiger partial charge in [-0.3, -0.25) is 0 Å². The van der Waals surface area contributed by atoms with Gasteiger partial charge in [-0.15, -0.1) is 0 Å². The normalized spacial score (nSPS) is 11.6. The first-order valence-corrected chi connectivity index (χ1v) is 18.8. The van der Waals surface area contributed by atoms with Crippen molar-refractivity contribution in [3.8, 4) is 27.9 Å². The number of para-hydroxylation sites is 3. The van der Waals surface area contributed by atoms with E-state index in [-0.39, 0.29) is 0 Å². The molecule has 0 saturated carbocycles. The summed E-state index contributed by atoms with van der Waals surface area (Å²) in [6, 6.07) is 73.9. The van der Waals surface area contributed by atoms with Gasteiger partial charge in [0.05, 0.1) is 16.7 Å². The van der Waals surface area contributed by atoms with Gasteiger partial charge in [-0.25, -0.2) is 0 Å². The molecule has 11 rings (SSSR count). The van der Waals surface area contributed by atoms with Gasteiger partial charge in [0.25, 0.3) is 0 Å². The Morgan fingerprint density at radius 1 is 0.400 bits per heavy atom. The molecule has 9 aromatic carbocycles. The molecule has 0 N–H and O–H groups in total. The Hall–Kier alpha value is -7.36. The summed E-state index contributed by atoms with van der Waals surface area (Å²) in [5.41, 5.74) is 13.2. The quantitative estimate of drug-likeness (QED) is 0.172. The third kappa shape index (κ3) is 5.05. The number of hydrogen-bond donors (Lipinski definition) is 0. The lowest BCUT2D eigenvalue weighted by Gasteiger charge is -2.28. The Kier molecular flexibility index (Phi) is 7.17. The first-order valence-electron chi connectivity index (χ1n) is 18.8. The van der Waals surface area contributed by atoms with Crippen molar-refractivity contribution in [2.75, 3.05) is 4.90 Å². The minimum absolute atomic E-state index is 0.882. The second-order valence-corrected chi connectivity index (χ2v) is 14.1. The van der Waals surface area contributed by atoms with Gasteiger partial charge in [-0.2, -0.15) is 0 Å². The van der Waals surface area contributed by atoms with Crippen molar-refractivity contribution >= 4 is 71.6 Å². The Morgan fingerprint density at radius 2 is 1.05 bits per heavy atom. The first-order chi connectivity index (χ1) is 27.3. The molecule has 0 spiro atoms. The summed E-state index contributed by atoms with van der Waals surface area (Å²) in [5.74, 6) is 0. The summed E-state index contributed by atoms with van der Waals surface area (Å²) < 4.78 is 9.04. The predicted octanol–water partition coefficient (Wildman–Crippen LogP) is 14.6. The fraction of sp³-hybridized carbons (Fsp3) is 0. The second kappa shape index (κ2) is 12.6. The second-order valence-electron chi connectivity index (χ2n) is 14.1. The van der Waals surface area contributed by atoms with Crippen LogP contribution >= 0.6 is 0 Å². The van der Waals surface area contributed by atoms with E-state index in [0.29, 0.717) is 0 Å². The lowest BCUT2D eigenvalue weighted by Crippen LogP contribution is -2.11. The van der Waals surface area contributed by atoms with Gasteiger partial charge in [-0.1, -0.05) is 140 Å². The van der Waals surface area contributed by atoms with Gasteiger partial charge in [-0.05, 0) is 88.8 Å². The van der Waals surface area contributed by atoms with Gasteiger partial charge in [0, 0.05) is 49.6 Å². The van der Waals surface area contributed by atoms with Crippen LogP contribution in [0.3, 0.4) is 0 Å². The third-order valence-electron chi connectivity index (χ3n) is 11.0. The number of hydrogen-bond acceptors (Lipinski definition) is 2. The van der Waals surface area contributed by atoms with E-state index in [1.165, 1.54) is 38.3 Å². The number of benzene rings is 9. The van der Waals surface area contributed by atoms with Crippen LogP contribution in [0.25, 0.3) is 82.5 Å². The van der Waals surface area contributed by atoms with Gasteiger partial charge in [0.2, 0.25) is 0 Å². The van der Waals surface area contributed by atoms with Crippen molar-refractivity contribution in [3.05, 3.63) is 206 Å².